The quantitative estimate of drug-likeness (QED) is 0.801. The number of anilines is 1. The highest BCUT2D eigenvalue weighted by Crippen LogP contribution is 2.22. The van der Waals surface area contributed by atoms with Crippen molar-refractivity contribution in [1.29, 1.82) is 0 Å². The first-order chi connectivity index (χ1) is 10.2. The third-order valence-corrected chi connectivity index (χ3v) is 2.82. The van der Waals surface area contributed by atoms with Gasteiger partial charge in [0.1, 0.15) is 17.1 Å². The van der Waals surface area contributed by atoms with Crippen LogP contribution in [0, 0.1) is 0 Å². The van der Waals surface area contributed by atoms with Crippen molar-refractivity contribution < 1.29 is 14.3 Å². The molecule has 0 bridgehead atoms. The maximum Gasteiger partial charge on any atom is 0.412 e. The summed E-state index contributed by atoms with van der Waals surface area (Å²) in [6.07, 6.45) is 2.92. The lowest BCUT2D eigenvalue weighted by molar-refractivity contribution is 0.187. The normalized spacial score (nSPS) is 10.3. The van der Waals surface area contributed by atoms with Gasteiger partial charge in [-0.2, -0.15) is 0 Å². The number of nitrogens with one attached hydrogen (secondary N) is 1. The number of nitrogens with zero attached hydrogens (tertiary/aromatic N) is 2. The number of rotatable bonds is 3. The predicted molar refractivity (Wildman–Crippen MR) is 77.7 cm³/mol. The Morgan fingerprint density at radius 2 is 1.90 bits per heavy atom. The van der Waals surface area contributed by atoms with Crippen molar-refractivity contribution >= 4 is 17.6 Å². The van der Waals surface area contributed by atoms with Gasteiger partial charge in [0.25, 0.3) is 0 Å². The average Bonchev–Trinajstić information content (AvgIpc) is 2.89. The van der Waals surface area contributed by atoms with E-state index in [-0.39, 0.29) is 0 Å². The topological polar surface area (TPSA) is 64.9 Å². The number of aromatic nitrogens is 2. The van der Waals surface area contributed by atoms with Gasteiger partial charge in [0, 0.05) is 0 Å². The summed E-state index contributed by atoms with van der Waals surface area (Å²) < 4.78 is 12.0. The smallest absolute Gasteiger partial charge is 0.412 e. The predicted octanol–water partition coefficient (Wildman–Crippen LogP) is 3.30. The molecule has 1 amide bonds. The molecule has 0 aliphatic heterocycles. The van der Waals surface area contributed by atoms with Crippen LogP contribution in [0.25, 0.3) is 5.65 Å². The van der Waals surface area contributed by atoms with Gasteiger partial charge in [-0.3, -0.25) is 5.32 Å². The number of pyridine rings is 1. The van der Waals surface area contributed by atoms with Crippen LogP contribution in [0.3, 0.4) is 0 Å². The highest BCUT2D eigenvalue weighted by Gasteiger charge is 2.06. The summed E-state index contributed by atoms with van der Waals surface area (Å²) in [7, 11) is 1.30. The van der Waals surface area contributed by atoms with Gasteiger partial charge in [-0.05, 0) is 24.3 Å². The summed E-state index contributed by atoms with van der Waals surface area (Å²) in [5.74, 6) is 1.85. The van der Waals surface area contributed by atoms with E-state index in [0.717, 1.165) is 5.75 Å². The third-order valence-electron chi connectivity index (χ3n) is 2.82. The van der Waals surface area contributed by atoms with Crippen molar-refractivity contribution in [1.82, 2.24) is 9.38 Å². The lowest BCUT2D eigenvalue weighted by atomic mass is 10.3. The molecule has 0 atom stereocenters. The van der Waals surface area contributed by atoms with Crippen LogP contribution in [-0.2, 0) is 4.74 Å². The molecule has 2 aromatic heterocycles. The number of imidazole rings is 1. The Bertz CT molecular complexity index is 768. The molecule has 0 saturated carbocycles. The van der Waals surface area contributed by atoms with Crippen LogP contribution in [0.4, 0.5) is 10.6 Å². The van der Waals surface area contributed by atoms with Crippen LogP contribution < -0.4 is 10.1 Å². The minimum atomic E-state index is -0.556. The van der Waals surface area contributed by atoms with Gasteiger partial charge in [-0.25, -0.2) is 9.78 Å². The maximum atomic E-state index is 11.2. The van der Waals surface area contributed by atoms with E-state index in [0.29, 0.717) is 17.2 Å². The van der Waals surface area contributed by atoms with Gasteiger partial charge in [-0.1, -0.05) is 18.2 Å². The standard InChI is InChI=1S/C15H13N3O3/c1-20-15(19)17-13-10-18-9-12(7-8-14(18)16-13)21-11-5-3-2-4-6-11/h2-10H,1H3,(H,17,19). The van der Waals surface area contributed by atoms with Crippen LogP contribution in [0.15, 0.2) is 54.9 Å². The summed E-state index contributed by atoms with van der Waals surface area (Å²) in [4.78, 5) is 15.4. The van der Waals surface area contributed by atoms with Crippen molar-refractivity contribution in [3.8, 4) is 11.5 Å². The molecular formula is C15H13N3O3. The molecule has 0 fully saturated rings. The van der Waals surface area contributed by atoms with Crippen LogP contribution in [-0.4, -0.2) is 22.6 Å². The van der Waals surface area contributed by atoms with E-state index in [2.05, 4.69) is 15.0 Å². The molecule has 21 heavy (non-hydrogen) atoms. The van der Waals surface area contributed by atoms with Crippen LogP contribution >= 0.6 is 0 Å². The van der Waals surface area contributed by atoms with Gasteiger partial charge in [0.2, 0.25) is 0 Å². The van der Waals surface area contributed by atoms with E-state index < -0.39 is 6.09 Å². The fourth-order valence-electron chi connectivity index (χ4n) is 1.87. The number of hydrogen-bond donors (Lipinski definition) is 1. The molecule has 0 aliphatic carbocycles. The summed E-state index contributed by atoms with van der Waals surface area (Å²) in [5, 5.41) is 2.52. The second-order valence-electron chi connectivity index (χ2n) is 4.29. The zero-order valence-corrected chi connectivity index (χ0v) is 11.3. The third kappa shape index (κ3) is 2.94. The Kier molecular flexibility index (Phi) is 3.42. The first-order valence-corrected chi connectivity index (χ1v) is 6.31. The number of benzene rings is 1. The Morgan fingerprint density at radius 1 is 1.10 bits per heavy atom. The number of hydrogen-bond acceptors (Lipinski definition) is 4. The molecule has 0 saturated heterocycles. The largest absolute Gasteiger partial charge is 0.456 e. The van der Waals surface area contributed by atoms with Crippen LogP contribution in [0.1, 0.15) is 0 Å². The fourth-order valence-corrected chi connectivity index (χ4v) is 1.87. The zero-order chi connectivity index (χ0) is 14.7. The number of fused-ring (bicyclic) bond motifs is 1. The monoisotopic (exact) mass is 283 g/mol. The lowest BCUT2D eigenvalue weighted by Gasteiger charge is -2.05. The number of carbonyl (C=O) groups is 1. The minimum absolute atomic E-state index is 0.415. The Morgan fingerprint density at radius 3 is 2.67 bits per heavy atom. The molecule has 3 aromatic rings. The van der Waals surface area contributed by atoms with Crippen molar-refractivity contribution in [2.75, 3.05) is 12.4 Å². The van der Waals surface area contributed by atoms with Crippen molar-refractivity contribution in [2.24, 2.45) is 0 Å². The number of para-hydroxylation sites is 1. The molecule has 6 nitrogen and oxygen atoms in total. The first-order valence-electron chi connectivity index (χ1n) is 6.31. The molecule has 6 heteroatoms. The van der Waals surface area contributed by atoms with Gasteiger partial charge in [0.05, 0.1) is 19.5 Å². The van der Waals surface area contributed by atoms with E-state index in [1.807, 2.05) is 36.4 Å². The van der Waals surface area contributed by atoms with E-state index in [1.54, 1.807) is 22.9 Å². The second kappa shape index (κ2) is 5.54. The molecule has 106 valence electrons. The van der Waals surface area contributed by atoms with E-state index in [4.69, 9.17) is 4.74 Å². The van der Waals surface area contributed by atoms with E-state index in [9.17, 15) is 4.79 Å². The molecule has 0 spiro atoms. The van der Waals surface area contributed by atoms with Gasteiger partial charge >= 0.3 is 6.09 Å². The number of amides is 1. The molecule has 1 aromatic carbocycles. The summed E-state index contributed by atoms with van der Waals surface area (Å²) >= 11 is 0. The summed E-state index contributed by atoms with van der Waals surface area (Å²) in [6.45, 7) is 0. The first kappa shape index (κ1) is 13.0. The average molecular weight is 283 g/mol. The van der Waals surface area contributed by atoms with Crippen molar-refractivity contribution in [2.45, 2.75) is 0 Å². The van der Waals surface area contributed by atoms with E-state index in [1.165, 1.54) is 7.11 Å². The highest BCUT2D eigenvalue weighted by atomic mass is 16.5. The summed E-state index contributed by atoms with van der Waals surface area (Å²) in [6, 6.07) is 13.1. The molecule has 2 heterocycles. The molecule has 0 aliphatic rings. The fraction of sp³-hybridized carbons (Fsp3) is 0.0667. The second-order valence-corrected chi connectivity index (χ2v) is 4.29. The molecule has 3 rings (SSSR count). The van der Waals surface area contributed by atoms with Gasteiger partial charge in [-0.15, -0.1) is 0 Å². The van der Waals surface area contributed by atoms with Gasteiger partial charge < -0.3 is 13.9 Å². The Balaban J connectivity index is 1.84. The number of methoxy groups -OCH3 is 1. The lowest BCUT2D eigenvalue weighted by Crippen LogP contribution is -2.10. The Hall–Kier alpha value is -3.02. The Labute approximate surface area is 120 Å². The molecule has 0 unspecified atom stereocenters. The van der Waals surface area contributed by atoms with E-state index >= 15 is 0 Å². The molecular weight excluding hydrogens is 270 g/mol. The molecule has 1 N–H and O–H groups in total. The number of ether oxygens (including phenoxy) is 2. The van der Waals surface area contributed by atoms with Crippen molar-refractivity contribution in [3.63, 3.8) is 0 Å². The number of carbonyl (C=O) groups excluding carboxylic acids is 1. The summed E-state index contributed by atoms with van der Waals surface area (Å²) in [5.41, 5.74) is 0.696. The highest BCUT2D eigenvalue weighted by molar-refractivity contribution is 5.83. The maximum absolute atomic E-state index is 11.2. The zero-order valence-electron chi connectivity index (χ0n) is 11.3. The van der Waals surface area contributed by atoms with Crippen molar-refractivity contribution in [3.05, 3.63) is 54.9 Å². The van der Waals surface area contributed by atoms with Crippen LogP contribution in [0.2, 0.25) is 0 Å². The minimum Gasteiger partial charge on any atom is -0.456 e. The van der Waals surface area contributed by atoms with Gasteiger partial charge in [0.15, 0.2) is 5.82 Å². The van der Waals surface area contributed by atoms with Crippen LogP contribution in [0.5, 0.6) is 11.5 Å². The molecule has 0 radical (unpaired) electrons. The SMILES string of the molecule is COC(=O)Nc1cn2cc(Oc3ccccc3)ccc2n1.